The van der Waals surface area contributed by atoms with Gasteiger partial charge in [0, 0.05) is 6.54 Å². The molecule has 0 saturated heterocycles. The molecule has 0 amide bonds. The highest BCUT2D eigenvalue weighted by Gasteiger charge is 2.31. The van der Waals surface area contributed by atoms with Crippen molar-refractivity contribution in [3.8, 4) is 5.88 Å². The summed E-state index contributed by atoms with van der Waals surface area (Å²) in [4.78, 5) is 24.3. The SMILES string of the molecule is CC1(Cn2c(O)c(F)c(=O)[nH]c2=O)CCCC1. The molecule has 0 radical (unpaired) electrons. The van der Waals surface area contributed by atoms with E-state index in [1.54, 1.807) is 0 Å². The second kappa shape index (κ2) is 4.01. The van der Waals surface area contributed by atoms with Crippen LogP contribution in [-0.4, -0.2) is 14.7 Å². The maximum absolute atomic E-state index is 13.2. The van der Waals surface area contributed by atoms with E-state index in [1.165, 1.54) is 0 Å². The molecule has 5 nitrogen and oxygen atoms in total. The summed E-state index contributed by atoms with van der Waals surface area (Å²) in [5, 5.41) is 9.50. The van der Waals surface area contributed by atoms with Gasteiger partial charge in [0.05, 0.1) is 0 Å². The predicted molar refractivity (Wildman–Crippen MR) is 59.5 cm³/mol. The van der Waals surface area contributed by atoms with E-state index in [4.69, 9.17) is 0 Å². The molecule has 94 valence electrons. The molecule has 2 rings (SSSR count). The van der Waals surface area contributed by atoms with Gasteiger partial charge in [-0.05, 0) is 18.3 Å². The molecule has 0 aromatic carbocycles. The number of aromatic hydroxyl groups is 1. The van der Waals surface area contributed by atoms with Crippen LogP contribution in [0.3, 0.4) is 0 Å². The van der Waals surface area contributed by atoms with Crippen LogP contribution in [-0.2, 0) is 6.54 Å². The van der Waals surface area contributed by atoms with Gasteiger partial charge >= 0.3 is 5.69 Å². The summed E-state index contributed by atoms with van der Waals surface area (Å²) in [5.41, 5.74) is -2.06. The molecule has 0 spiro atoms. The Morgan fingerprint density at radius 1 is 1.41 bits per heavy atom. The number of H-pyrrole nitrogens is 1. The summed E-state index contributed by atoms with van der Waals surface area (Å²) in [5.74, 6) is -2.17. The molecule has 2 N–H and O–H groups in total. The average Bonchev–Trinajstić information content (AvgIpc) is 2.69. The highest BCUT2D eigenvalue weighted by molar-refractivity contribution is 5.10. The zero-order valence-electron chi connectivity index (χ0n) is 9.62. The quantitative estimate of drug-likeness (QED) is 0.811. The minimum Gasteiger partial charge on any atom is -0.492 e. The minimum atomic E-state index is -1.30. The van der Waals surface area contributed by atoms with E-state index in [0.717, 1.165) is 30.3 Å². The summed E-state index contributed by atoms with van der Waals surface area (Å²) in [7, 11) is 0. The van der Waals surface area contributed by atoms with Crippen molar-refractivity contribution in [1.29, 1.82) is 0 Å². The molecule has 0 aliphatic heterocycles. The zero-order chi connectivity index (χ0) is 12.6. The van der Waals surface area contributed by atoms with Crippen molar-refractivity contribution in [1.82, 2.24) is 9.55 Å². The number of hydrogen-bond acceptors (Lipinski definition) is 3. The van der Waals surface area contributed by atoms with Gasteiger partial charge in [-0.25, -0.2) is 4.79 Å². The molecule has 1 fully saturated rings. The standard InChI is InChI=1S/C11H15FN2O3/c1-11(4-2-3-5-11)6-14-9(16)7(12)8(15)13-10(14)17/h16H,2-6H2,1H3,(H,13,15,17). The Hall–Kier alpha value is -1.59. The number of aromatic nitrogens is 2. The molecular weight excluding hydrogens is 227 g/mol. The van der Waals surface area contributed by atoms with E-state index >= 15 is 0 Å². The lowest BCUT2D eigenvalue weighted by atomic mass is 9.89. The van der Waals surface area contributed by atoms with E-state index in [0.29, 0.717) is 0 Å². The number of halogens is 1. The Balaban J connectivity index is 2.43. The van der Waals surface area contributed by atoms with Crippen LogP contribution in [0.25, 0.3) is 0 Å². The molecule has 0 bridgehead atoms. The van der Waals surface area contributed by atoms with Crippen LogP contribution in [0.15, 0.2) is 9.59 Å². The molecule has 17 heavy (non-hydrogen) atoms. The molecule has 1 aromatic heterocycles. The van der Waals surface area contributed by atoms with Crippen molar-refractivity contribution >= 4 is 0 Å². The van der Waals surface area contributed by atoms with Crippen molar-refractivity contribution in [2.24, 2.45) is 5.41 Å². The lowest BCUT2D eigenvalue weighted by molar-refractivity contribution is 0.248. The van der Waals surface area contributed by atoms with Crippen LogP contribution < -0.4 is 11.2 Å². The smallest absolute Gasteiger partial charge is 0.331 e. The van der Waals surface area contributed by atoms with Crippen LogP contribution in [0.5, 0.6) is 5.88 Å². The lowest BCUT2D eigenvalue weighted by Gasteiger charge is -2.24. The molecular formula is C11H15FN2O3. The normalized spacial score (nSPS) is 18.5. The molecule has 0 atom stereocenters. The Bertz CT molecular complexity index is 541. The third kappa shape index (κ3) is 2.11. The van der Waals surface area contributed by atoms with Crippen LogP contribution >= 0.6 is 0 Å². The fraction of sp³-hybridized carbons (Fsp3) is 0.636. The molecule has 1 aliphatic carbocycles. The zero-order valence-corrected chi connectivity index (χ0v) is 9.62. The topological polar surface area (TPSA) is 75.1 Å². The molecule has 1 aromatic rings. The first-order valence-corrected chi connectivity index (χ1v) is 5.64. The summed E-state index contributed by atoms with van der Waals surface area (Å²) >= 11 is 0. The summed E-state index contributed by atoms with van der Waals surface area (Å²) in [6.07, 6.45) is 3.99. The van der Waals surface area contributed by atoms with E-state index in [-0.39, 0.29) is 12.0 Å². The van der Waals surface area contributed by atoms with Gasteiger partial charge in [-0.2, -0.15) is 4.39 Å². The lowest BCUT2D eigenvalue weighted by Crippen LogP contribution is -2.35. The number of nitrogens with one attached hydrogen (secondary N) is 1. The van der Waals surface area contributed by atoms with Crippen molar-refractivity contribution < 1.29 is 9.50 Å². The first-order chi connectivity index (χ1) is 7.93. The summed E-state index contributed by atoms with van der Waals surface area (Å²) in [6.45, 7) is 2.22. The molecule has 1 saturated carbocycles. The number of nitrogens with zero attached hydrogens (tertiary/aromatic N) is 1. The summed E-state index contributed by atoms with van der Waals surface area (Å²) in [6, 6.07) is 0. The van der Waals surface area contributed by atoms with Gasteiger partial charge in [0.25, 0.3) is 5.56 Å². The van der Waals surface area contributed by atoms with Gasteiger partial charge in [0.15, 0.2) is 0 Å². The first-order valence-electron chi connectivity index (χ1n) is 5.64. The second-order valence-electron chi connectivity index (χ2n) is 5.00. The molecule has 0 unspecified atom stereocenters. The molecule has 1 aliphatic rings. The first kappa shape index (κ1) is 11.9. The Morgan fingerprint density at radius 3 is 2.59 bits per heavy atom. The van der Waals surface area contributed by atoms with Crippen molar-refractivity contribution in [2.75, 3.05) is 0 Å². The van der Waals surface area contributed by atoms with Crippen LogP contribution in [0.4, 0.5) is 4.39 Å². The van der Waals surface area contributed by atoms with E-state index in [1.807, 2.05) is 11.9 Å². The largest absolute Gasteiger partial charge is 0.492 e. The minimum absolute atomic E-state index is 0.119. The van der Waals surface area contributed by atoms with Gasteiger partial charge in [0.2, 0.25) is 11.7 Å². The fourth-order valence-electron chi connectivity index (χ4n) is 2.45. The Kier molecular flexibility index (Phi) is 2.81. The number of hydrogen-bond donors (Lipinski definition) is 2. The van der Waals surface area contributed by atoms with Gasteiger partial charge in [-0.1, -0.05) is 19.8 Å². The number of rotatable bonds is 2. The number of aromatic amines is 1. The fourth-order valence-corrected chi connectivity index (χ4v) is 2.45. The molecule has 6 heteroatoms. The van der Waals surface area contributed by atoms with Crippen LogP contribution in [0.1, 0.15) is 32.6 Å². The van der Waals surface area contributed by atoms with Crippen molar-refractivity contribution in [3.05, 3.63) is 26.7 Å². The van der Waals surface area contributed by atoms with E-state index in [9.17, 15) is 19.1 Å². The second-order valence-corrected chi connectivity index (χ2v) is 5.00. The summed E-state index contributed by atoms with van der Waals surface area (Å²) < 4.78 is 14.1. The average molecular weight is 242 g/mol. The third-order valence-corrected chi connectivity index (χ3v) is 3.47. The maximum atomic E-state index is 13.2. The molecule has 1 heterocycles. The van der Waals surface area contributed by atoms with E-state index < -0.39 is 22.9 Å². The Labute approximate surface area is 96.9 Å². The Morgan fingerprint density at radius 2 is 2.00 bits per heavy atom. The van der Waals surface area contributed by atoms with Crippen molar-refractivity contribution in [3.63, 3.8) is 0 Å². The van der Waals surface area contributed by atoms with Gasteiger partial charge in [0.1, 0.15) is 0 Å². The van der Waals surface area contributed by atoms with Gasteiger partial charge in [-0.3, -0.25) is 14.3 Å². The highest BCUT2D eigenvalue weighted by Crippen LogP contribution is 2.39. The van der Waals surface area contributed by atoms with Gasteiger partial charge < -0.3 is 5.11 Å². The van der Waals surface area contributed by atoms with E-state index in [2.05, 4.69) is 0 Å². The van der Waals surface area contributed by atoms with Crippen LogP contribution in [0, 0.1) is 11.2 Å². The monoisotopic (exact) mass is 242 g/mol. The predicted octanol–water partition coefficient (Wildman–Crippen LogP) is 0.962. The van der Waals surface area contributed by atoms with Gasteiger partial charge in [-0.15, -0.1) is 0 Å². The van der Waals surface area contributed by atoms with Crippen LogP contribution in [0.2, 0.25) is 0 Å². The maximum Gasteiger partial charge on any atom is 0.331 e. The van der Waals surface area contributed by atoms with Crippen molar-refractivity contribution in [2.45, 2.75) is 39.2 Å². The highest BCUT2D eigenvalue weighted by atomic mass is 19.1. The third-order valence-electron chi connectivity index (χ3n) is 3.47.